The van der Waals surface area contributed by atoms with Gasteiger partial charge in [-0.2, -0.15) is 5.10 Å². The Bertz CT molecular complexity index is 642. The Morgan fingerprint density at radius 2 is 1.90 bits per heavy atom. The molecule has 106 valence electrons. The lowest BCUT2D eigenvalue weighted by molar-refractivity contribution is 0.463. The predicted molar refractivity (Wildman–Crippen MR) is 81.4 cm³/mol. The maximum atomic E-state index is 12.1. The lowest BCUT2D eigenvalue weighted by atomic mass is 10.1. The van der Waals surface area contributed by atoms with E-state index >= 15 is 0 Å². The van der Waals surface area contributed by atoms with Crippen molar-refractivity contribution in [2.75, 3.05) is 0 Å². The quantitative estimate of drug-likeness (QED) is 0.928. The molecule has 2 N–H and O–H groups in total. The third-order valence-corrected chi connectivity index (χ3v) is 3.18. The summed E-state index contributed by atoms with van der Waals surface area (Å²) in [6.45, 7) is 7.14. The summed E-state index contributed by atoms with van der Waals surface area (Å²) in [5.74, 6) is 0.384. The second kappa shape index (κ2) is 6.01. The van der Waals surface area contributed by atoms with Crippen LogP contribution in [0.25, 0.3) is 11.3 Å². The first-order chi connectivity index (χ1) is 9.51. The molecule has 1 heterocycles. The standard InChI is InChI=1S/C16H21N3O/c1-11(2)10-19-16(20)12(3)8-15(18-19)14-6-4-13(9-17)5-7-14/h4-8,11H,9-10,17H2,1-3H3. The van der Waals surface area contributed by atoms with E-state index in [4.69, 9.17) is 5.73 Å². The van der Waals surface area contributed by atoms with Crippen molar-refractivity contribution >= 4 is 0 Å². The molecular weight excluding hydrogens is 250 g/mol. The van der Waals surface area contributed by atoms with Gasteiger partial charge in [-0.15, -0.1) is 0 Å². The highest BCUT2D eigenvalue weighted by molar-refractivity contribution is 5.59. The molecule has 0 spiro atoms. The highest BCUT2D eigenvalue weighted by Crippen LogP contribution is 2.17. The van der Waals surface area contributed by atoms with Crippen molar-refractivity contribution < 1.29 is 0 Å². The minimum absolute atomic E-state index is 0.0129. The van der Waals surface area contributed by atoms with Crippen LogP contribution in [0.1, 0.15) is 25.0 Å². The molecule has 2 aromatic rings. The summed E-state index contributed by atoms with van der Waals surface area (Å²) in [6, 6.07) is 9.81. The van der Waals surface area contributed by atoms with Crippen LogP contribution in [0, 0.1) is 12.8 Å². The number of aryl methyl sites for hydroxylation is 1. The van der Waals surface area contributed by atoms with E-state index in [9.17, 15) is 4.79 Å². The van der Waals surface area contributed by atoms with Gasteiger partial charge in [0.25, 0.3) is 5.56 Å². The van der Waals surface area contributed by atoms with Crippen LogP contribution in [0.5, 0.6) is 0 Å². The Labute approximate surface area is 119 Å². The predicted octanol–water partition coefficient (Wildman–Crippen LogP) is 2.33. The summed E-state index contributed by atoms with van der Waals surface area (Å²) in [5.41, 5.74) is 9.22. The number of hydrogen-bond acceptors (Lipinski definition) is 3. The number of benzene rings is 1. The van der Waals surface area contributed by atoms with Gasteiger partial charge in [0.2, 0.25) is 0 Å². The van der Waals surface area contributed by atoms with Crippen molar-refractivity contribution in [1.82, 2.24) is 9.78 Å². The summed E-state index contributed by atoms with van der Waals surface area (Å²) in [7, 11) is 0. The van der Waals surface area contributed by atoms with E-state index in [2.05, 4.69) is 18.9 Å². The summed E-state index contributed by atoms with van der Waals surface area (Å²) in [5, 5.41) is 4.47. The van der Waals surface area contributed by atoms with Crippen molar-refractivity contribution in [3.05, 3.63) is 51.8 Å². The number of rotatable bonds is 4. The Morgan fingerprint density at radius 1 is 1.25 bits per heavy atom. The molecule has 1 aromatic heterocycles. The van der Waals surface area contributed by atoms with Crippen LogP contribution in [-0.4, -0.2) is 9.78 Å². The lowest BCUT2D eigenvalue weighted by Crippen LogP contribution is -2.27. The summed E-state index contributed by atoms with van der Waals surface area (Å²) in [4.78, 5) is 12.1. The number of hydrogen-bond donors (Lipinski definition) is 1. The van der Waals surface area contributed by atoms with Gasteiger partial charge in [-0.05, 0) is 24.5 Å². The summed E-state index contributed by atoms with van der Waals surface area (Å²) >= 11 is 0. The molecule has 0 radical (unpaired) electrons. The fraction of sp³-hybridized carbons (Fsp3) is 0.375. The molecule has 20 heavy (non-hydrogen) atoms. The van der Waals surface area contributed by atoms with Crippen LogP contribution in [0.15, 0.2) is 35.1 Å². The SMILES string of the molecule is Cc1cc(-c2ccc(CN)cc2)nn(CC(C)C)c1=O. The van der Waals surface area contributed by atoms with Crippen LogP contribution < -0.4 is 11.3 Å². The first-order valence-electron chi connectivity index (χ1n) is 6.89. The van der Waals surface area contributed by atoms with Crippen molar-refractivity contribution in [2.45, 2.75) is 33.9 Å². The molecule has 0 unspecified atom stereocenters. The van der Waals surface area contributed by atoms with E-state index in [1.807, 2.05) is 37.3 Å². The van der Waals surface area contributed by atoms with E-state index < -0.39 is 0 Å². The number of nitrogens with zero attached hydrogens (tertiary/aromatic N) is 2. The van der Waals surface area contributed by atoms with Gasteiger partial charge in [0.15, 0.2) is 0 Å². The molecule has 0 saturated heterocycles. The monoisotopic (exact) mass is 271 g/mol. The van der Waals surface area contributed by atoms with Crippen molar-refractivity contribution in [2.24, 2.45) is 11.7 Å². The zero-order valence-corrected chi connectivity index (χ0v) is 12.3. The second-order valence-corrected chi connectivity index (χ2v) is 5.49. The molecule has 0 atom stereocenters. The van der Waals surface area contributed by atoms with E-state index in [1.54, 1.807) is 4.68 Å². The fourth-order valence-corrected chi connectivity index (χ4v) is 2.10. The van der Waals surface area contributed by atoms with Crippen LogP contribution in [0.3, 0.4) is 0 Å². The molecule has 4 heteroatoms. The molecular formula is C16H21N3O. The third-order valence-electron chi connectivity index (χ3n) is 3.18. The average molecular weight is 271 g/mol. The van der Waals surface area contributed by atoms with Gasteiger partial charge in [-0.3, -0.25) is 4.79 Å². The van der Waals surface area contributed by atoms with E-state index in [0.717, 1.165) is 22.4 Å². The Kier molecular flexibility index (Phi) is 4.35. The molecule has 4 nitrogen and oxygen atoms in total. The summed E-state index contributed by atoms with van der Waals surface area (Å²) < 4.78 is 1.56. The van der Waals surface area contributed by atoms with E-state index in [1.165, 1.54) is 0 Å². The normalized spacial score (nSPS) is 11.1. The van der Waals surface area contributed by atoms with Crippen molar-refractivity contribution in [3.63, 3.8) is 0 Å². The average Bonchev–Trinajstić information content (AvgIpc) is 2.43. The maximum Gasteiger partial charge on any atom is 0.269 e. The fourth-order valence-electron chi connectivity index (χ4n) is 2.10. The molecule has 0 amide bonds. The number of nitrogens with two attached hydrogens (primary N) is 1. The molecule has 0 aliphatic carbocycles. The van der Waals surface area contributed by atoms with Crippen LogP contribution in [-0.2, 0) is 13.1 Å². The zero-order valence-electron chi connectivity index (χ0n) is 12.3. The minimum Gasteiger partial charge on any atom is -0.326 e. The third kappa shape index (κ3) is 3.14. The van der Waals surface area contributed by atoms with E-state index in [0.29, 0.717) is 19.0 Å². The van der Waals surface area contributed by atoms with Crippen LogP contribution >= 0.6 is 0 Å². The smallest absolute Gasteiger partial charge is 0.269 e. The molecule has 0 aliphatic heterocycles. The van der Waals surface area contributed by atoms with Crippen molar-refractivity contribution in [1.29, 1.82) is 0 Å². The maximum absolute atomic E-state index is 12.1. The van der Waals surface area contributed by atoms with Gasteiger partial charge >= 0.3 is 0 Å². The van der Waals surface area contributed by atoms with Gasteiger partial charge < -0.3 is 5.73 Å². The van der Waals surface area contributed by atoms with Gasteiger partial charge in [-0.1, -0.05) is 38.1 Å². The second-order valence-electron chi connectivity index (χ2n) is 5.49. The highest BCUT2D eigenvalue weighted by atomic mass is 16.1. The Hall–Kier alpha value is -1.94. The largest absolute Gasteiger partial charge is 0.326 e. The van der Waals surface area contributed by atoms with E-state index in [-0.39, 0.29) is 5.56 Å². The molecule has 0 bridgehead atoms. The first-order valence-corrected chi connectivity index (χ1v) is 6.89. The zero-order chi connectivity index (χ0) is 14.7. The van der Waals surface area contributed by atoms with Gasteiger partial charge in [0, 0.05) is 24.2 Å². The molecule has 0 aliphatic rings. The molecule has 2 rings (SSSR count). The first kappa shape index (κ1) is 14.5. The lowest BCUT2D eigenvalue weighted by Gasteiger charge is -2.11. The molecule has 0 saturated carbocycles. The van der Waals surface area contributed by atoms with Gasteiger partial charge in [0.05, 0.1) is 5.69 Å². The molecule has 0 fully saturated rings. The Balaban J connectivity index is 2.45. The Morgan fingerprint density at radius 3 is 2.45 bits per heavy atom. The van der Waals surface area contributed by atoms with Crippen molar-refractivity contribution in [3.8, 4) is 11.3 Å². The number of aromatic nitrogens is 2. The van der Waals surface area contributed by atoms with Crippen LogP contribution in [0.4, 0.5) is 0 Å². The van der Waals surface area contributed by atoms with Gasteiger partial charge in [0.1, 0.15) is 0 Å². The highest BCUT2D eigenvalue weighted by Gasteiger charge is 2.08. The summed E-state index contributed by atoms with van der Waals surface area (Å²) in [6.07, 6.45) is 0. The van der Waals surface area contributed by atoms with Gasteiger partial charge in [-0.25, -0.2) is 4.68 Å². The molecule has 1 aromatic carbocycles. The van der Waals surface area contributed by atoms with Crippen LogP contribution in [0.2, 0.25) is 0 Å². The topological polar surface area (TPSA) is 60.9 Å². The minimum atomic E-state index is -0.0129.